The summed E-state index contributed by atoms with van der Waals surface area (Å²) in [6, 6.07) is 7.49. The van der Waals surface area contributed by atoms with Gasteiger partial charge in [-0.25, -0.2) is 0 Å². The first-order chi connectivity index (χ1) is 15.9. The number of methoxy groups -OCH3 is 2. The Hall–Kier alpha value is -2.65. The lowest BCUT2D eigenvalue weighted by molar-refractivity contribution is -0.149. The number of ether oxygens (including phenoxy) is 2. The number of aliphatic hydroxyl groups is 1. The monoisotopic (exact) mass is 461 g/mol. The topological polar surface area (TPSA) is 108 Å². The SMILES string of the molecule is COC(=O)CC(NC1CCN(c2ccc(CC(=O)N3CCC(O)CC3)cc2)CC1)C(=O)OC. The minimum absolute atomic E-state index is 0.0540. The number of benzene rings is 1. The van der Waals surface area contributed by atoms with Crippen molar-refractivity contribution in [1.29, 1.82) is 0 Å². The zero-order valence-corrected chi connectivity index (χ0v) is 19.5. The maximum absolute atomic E-state index is 12.5. The van der Waals surface area contributed by atoms with Crippen LogP contribution in [0.5, 0.6) is 0 Å². The number of hydrogen-bond acceptors (Lipinski definition) is 8. The Morgan fingerprint density at radius 2 is 1.64 bits per heavy atom. The van der Waals surface area contributed by atoms with E-state index in [1.807, 2.05) is 29.2 Å². The molecule has 2 aliphatic heterocycles. The quantitative estimate of drug-likeness (QED) is 0.549. The molecule has 1 aromatic rings. The van der Waals surface area contributed by atoms with E-state index < -0.39 is 18.0 Å². The number of nitrogens with one attached hydrogen (secondary N) is 1. The van der Waals surface area contributed by atoms with Gasteiger partial charge in [0.25, 0.3) is 0 Å². The molecule has 2 aliphatic rings. The fourth-order valence-electron chi connectivity index (χ4n) is 4.42. The number of carbonyl (C=O) groups excluding carboxylic acids is 3. The highest BCUT2D eigenvalue weighted by atomic mass is 16.5. The van der Waals surface area contributed by atoms with E-state index in [1.54, 1.807) is 0 Å². The van der Waals surface area contributed by atoms with Crippen molar-refractivity contribution in [2.75, 3.05) is 45.3 Å². The lowest BCUT2D eigenvalue weighted by atomic mass is 10.0. The Balaban J connectivity index is 1.47. The molecule has 0 saturated carbocycles. The van der Waals surface area contributed by atoms with Crippen molar-refractivity contribution in [1.82, 2.24) is 10.2 Å². The lowest BCUT2D eigenvalue weighted by Gasteiger charge is -2.35. The van der Waals surface area contributed by atoms with E-state index in [4.69, 9.17) is 4.74 Å². The van der Waals surface area contributed by atoms with Crippen LogP contribution in [0.4, 0.5) is 5.69 Å². The molecule has 2 heterocycles. The largest absolute Gasteiger partial charge is 0.469 e. The van der Waals surface area contributed by atoms with Gasteiger partial charge < -0.3 is 29.7 Å². The summed E-state index contributed by atoms with van der Waals surface area (Å²) in [4.78, 5) is 40.2. The summed E-state index contributed by atoms with van der Waals surface area (Å²) < 4.78 is 9.50. The number of hydrogen-bond donors (Lipinski definition) is 2. The highest BCUT2D eigenvalue weighted by Gasteiger charge is 2.28. The Morgan fingerprint density at radius 1 is 1.00 bits per heavy atom. The number of carbonyl (C=O) groups is 3. The standard InChI is InChI=1S/C24H35N3O6/c1-32-23(30)16-21(24(31)33-2)25-18-7-11-26(12-8-18)19-5-3-17(4-6-19)15-22(29)27-13-9-20(28)10-14-27/h3-6,18,20-21,25,28H,7-16H2,1-2H3. The molecule has 1 aromatic carbocycles. The molecule has 3 rings (SSSR count). The average Bonchev–Trinajstić information content (AvgIpc) is 2.84. The smallest absolute Gasteiger partial charge is 0.323 e. The second kappa shape index (κ2) is 12.0. The van der Waals surface area contributed by atoms with Gasteiger partial charge in [0, 0.05) is 37.9 Å². The van der Waals surface area contributed by atoms with Gasteiger partial charge in [0.2, 0.25) is 5.91 Å². The number of likely N-dealkylation sites (tertiary alicyclic amines) is 1. The molecule has 1 atom stereocenters. The number of anilines is 1. The van der Waals surface area contributed by atoms with Crippen molar-refractivity contribution in [3.8, 4) is 0 Å². The molecule has 0 spiro atoms. The van der Waals surface area contributed by atoms with Crippen LogP contribution in [0, 0.1) is 0 Å². The molecule has 1 unspecified atom stereocenters. The van der Waals surface area contributed by atoms with Crippen LogP contribution in [-0.2, 0) is 30.3 Å². The maximum atomic E-state index is 12.5. The molecule has 33 heavy (non-hydrogen) atoms. The van der Waals surface area contributed by atoms with Crippen molar-refractivity contribution < 1.29 is 29.0 Å². The van der Waals surface area contributed by atoms with E-state index >= 15 is 0 Å². The van der Waals surface area contributed by atoms with Gasteiger partial charge in [0.05, 0.1) is 33.2 Å². The molecule has 2 N–H and O–H groups in total. The van der Waals surface area contributed by atoms with E-state index in [1.165, 1.54) is 14.2 Å². The van der Waals surface area contributed by atoms with E-state index in [9.17, 15) is 19.5 Å². The summed E-state index contributed by atoms with van der Waals surface area (Å²) in [5, 5.41) is 12.9. The summed E-state index contributed by atoms with van der Waals surface area (Å²) in [6.45, 7) is 2.88. The predicted octanol–water partition coefficient (Wildman–Crippen LogP) is 0.876. The average molecular weight is 462 g/mol. The highest BCUT2D eigenvalue weighted by Crippen LogP contribution is 2.22. The van der Waals surface area contributed by atoms with Crippen LogP contribution >= 0.6 is 0 Å². The minimum Gasteiger partial charge on any atom is -0.469 e. The van der Waals surface area contributed by atoms with Gasteiger partial charge in [0.15, 0.2) is 0 Å². The third kappa shape index (κ3) is 7.17. The Bertz CT molecular complexity index is 799. The first kappa shape index (κ1) is 25.0. The highest BCUT2D eigenvalue weighted by molar-refractivity contribution is 5.82. The van der Waals surface area contributed by atoms with Crippen molar-refractivity contribution in [2.24, 2.45) is 0 Å². The number of nitrogens with zero attached hydrogens (tertiary/aromatic N) is 2. The van der Waals surface area contributed by atoms with Crippen LogP contribution in [0.2, 0.25) is 0 Å². The van der Waals surface area contributed by atoms with E-state index in [2.05, 4.69) is 15.0 Å². The first-order valence-corrected chi connectivity index (χ1v) is 11.6. The van der Waals surface area contributed by atoms with Crippen molar-refractivity contribution in [3.63, 3.8) is 0 Å². The molecule has 0 aromatic heterocycles. The Kier molecular flexibility index (Phi) is 9.08. The van der Waals surface area contributed by atoms with Crippen LogP contribution in [0.15, 0.2) is 24.3 Å². The first-order valence-electron chi connectivity index (χ1n) is 11.6. The fraction of sp³-hybridized carbons (Fsp3) is 0.625. The Labute approximate surface area is 195 Å². The second-order valence-corrected chi connectivity index (χ2v) is 8.74. The van der Waals surface area contributed by atoms with Gasteiger partial charge in [0.1, 0.15) is 6.04 Å². The molecule has 1 amide bonds. The molecular formula is C24H35N3O6. The molecule has 9 heteroatoms. The summed E-state index contributed by atoms with van der Waals surface area (Å²) in [6.07, 6.45) is 2.99. The van der Waals surface area contributed by atoms with E-state index in [0.717, 1.165) is 37.2 Å². The Morgan fingerprint density at radius 3 is 2.21 bits per heavy atom. The van der Waals surface area contributed by atoms with Crippen LogP contribution in [-0.4, -0.2) is 86.4 Å². The van der Waals surface area contributed by atoms with Crippen molar-refractivity contribution >= 4 is 23.5 Å². The van der Waals surface area contributed by atoms with Crippen LogP contribution in [0.1, 0.15) is 37.7 Å². The third-order valence-corrected chi connectivity index (χ3v) is 6.49. The summed E-state index contributed by atoms with van der Waals surface area (Å²) in [5.41, 5.74) is 2.08. The molecule has 2 saturated heterocycles. The second-order valence-electron chi connectivity index (χ2n) is 8.74. The van der Waals surface area contributed by atoms with Gasteiger partial charge in [-0.1, -0.05) is 12.1 Å². The molecule has 0 radical (unpaired) electrons. The zero-order chi connectivity index (χ0) is 23.8. The normalized spacial score (nSPS) is 18.6. The lowest BCUT2D eigenvalue weighted by Crippen LogP contribution is -2.50. The van der Waals surface area contributed by atoms with Crippen molar-refractivity contribution in [3.05, 3.63) is 29.8 Å². The van der Waals surface area contributed by atoms with Gasteiger partial charge in [-0.2, -0.15) is 0 Å². The number of amides is 1. The molecule has 9 nitrogen and oxygen atoms in total. The van der Waals surface area contributed by atoms with Gasteiger partial charge in [-0.15, -0.1) is 0 Å². The zero-order valence-electron chi connectivity index (χ0n) is 19.5. The molecular weight excluding hydrogens is 426 g/mol. The minimum atomic E-state index is -0.709. The molecule has 0 aliphatic carbocycles. The van der Waals surface area contributed by atoms with Crippen LogP contribution < -0.4 is 10.2 Å². The number of esters is 2. The van der Waals surface area contributed by atoms with E-state index in [0.29, 0.717) is 32.4 Å². The van der Waals surface area contributed by atoms with Crippen LogP contribution in [0.3, 0.4) is 0 Å². The number of rotatable bonds is 8. The fourth-order valence-corrected chi connectivity index (χ4v) is 4.42. The summed E-state index contributed by atoms with van der Waals surface area (Å²) in [7, 11) is 2.61. The maximum Gasteiger partial charge on any atom is 0.323 e. The molecule has 182 valence electrons. The van der Waals surface area contributed by atoms with Gasteiger partial charge in [-0.05, 0) is 43.4 Å². The van der Waals surface area contributed by atoms with Crippen LogP contribution in [0.25, 0.3) is 0 Å². The van der Waals surface area contributed by atoms with Gasteiger partial charge >= 0.3 is 11.9 Å². The summed E-state index contributed by atoms with van der Waals surface area (Å²) >= 11 is 0. The molecule has 0 bridgehead atoms. The number of aliphatic hydroxyl groups excluding tert-OH is 1. The van der Waals surface area contributed by atoms with Gasteiger partial charge in [-0.3, -0.25) is 14.4 Å². The molecule has 2 fully saturated rings. The predicted molar refractivity (Wildman–Crippen MR) is 123 cm³/mol. The third-order valence-electron chi connectivity index (χ3n) is 6.49. The van der Waals surface area contributed by atoms with Crippen molar-refractivity contribution in [2.45, 2.75) is 56.7 Å². The van der Waals surface area contributed by atoms with E-state index in [-0.39, 0.29) is 24.5 Å². The number of piperidine rings is 2. The summed E-state index contributed by atoms with van der Waals surface area (Å²) in [5.74, 6) is -0.811.